The Kier molecular flexibility index (Phi) is 5.62. The third-order valence-corrected chi connectivity index (χ3v) is 5.94. The van der Waals surface area contributed by atoms with Crippen molar-refractivity contribution < 1.29 is 18.9 Å². The van der Waals surface area contributed by atoms with Crippen molar-refractivity contribution in [3.63, 3.8) is 0 Å². The highest BCUT2D eigenvalue weighted by molar-refractivity contribution is 8.27. The van der Waals surface area contributed by atoms with Crippen LogP contribution in [0, 0.1) is 17.0 Å². The predicted molar refractivity (Wildman–Crippen MR) is 124 cm³/mol. The van der Waals surface area contributed by atoms with Crippen LogP contribution in [0.15, 0.2) is 63.9 Å². The van der Waals surface area contributed by atoms with E-state index < -0.39 is 4.92 Å². The Hall–Kier alpha value is -3.43. The van der Waals surface area contributed by atoms with Crippen molar-refractivity contribution >= 4 is 51.7 Å². The summed E-state index contributed by atoms with van der Waals surface area (Å²) in [6.45, 7) is 1.79. The first-order chi connectivity index (χ1) is 14.9. The number of rotatable bonds is 5. The number of para-hydroxylation sites is 2. The number of furan rings is 1. The van der Waals surface area contributed by atoms with Gasteiger partial charge in [-0.2, -0.15) is 0 Å². The van der Waals surface area contributed by atoms with Crippen LogP contribution in [-0.2, 0) is 4.79 Å². The van der Waals surface area contributed by atoms with E-state index in [2.05, 4.69) is 0 Å². The maximum Gasteiger partial charge on any atom is 0.280 e. The molecule has 156 valence electrons. The normalized spacial score (nSPS) is 15.0. The maximum atomic E-state index is 13.0. The fourth-order valence-electron chi connectivity index (χ4n) is 3.20. The van der Waals surface area contributed by atoms with Crippen molar-refractivity contribution in [2.45, 2.75) is 6.92 Å². The van der Waals surface area contributed by atoms with E-state index in [1.54, 1.807) is 55.5 Å². The molecular weight excluding hydrogens is 436 g/mol. The van der Waals surface area contributed by atoms with Gasteiger partial charge < -0.3 is 9.15 Å². The van der Waals surface area contributed by atoms with E-state index in [9.17, 15) is 14.9 Å². The third kappa shape index (κ3) is 3.97. The van der Waals surface area contributed by atoms with Gasteiger partial charge in [0.1, 0.15) is 17.3 Å². The monoisotopic (exact) mass is 452 g/mol. The topological polar surface area (TPSA) is 85.8 Å². The molecule has 9 heteroatoms. The second-order valence-electron chi connectivity index (χ2n) is 6.67. The number of methoxy groups -OCH3 is 1. The van der Waals surface area contributed by atoms with Crippen LogP contribution in [-0.4, -0.2) is 22.3 Å². The van der Waals surface area contributed by atoms with Gasteiger partial charge in [-0.15, -0.1) is 0 Å². The van der Waals surface area contributed by atoms with Gasteiger partial charge in [-0.05, 0) is 42.8 Å². The van der Waals surface area contributed by atoms with Crippen LogP contribution in [0.5, 0.6) is 5.75 Å². The number of nitro benzene ring substituents is 1. The molecule has 0 unspecified atom stereocenters. The minimum atomic E-state index is -0.442. The van der Waals surface area contributed by atoms with Crippen molar-refractivity contribution in [3.05, 3.63) is 80.9 Å². The minimum absolute atomic E-state index is 0.0385. The summed E-state index contributed by atoms with van der Waals surface area (Å²) < 4.78 is 11.5. The van der Waals surface area contributed by atoms with Crippen molar-refractivity contribution in [2.24, 2.45) is 0 Å². The summed E-state index contributed by atoms with van der Waals surface area (Å²) in [4.78, 5) is 25.8. The number of amides is 1. The summed E-state index contributed by atoms with van der Waals surface area (Å²) in [5.41, 5.74) is 1.67. The third-order valence-electron chi connectivity index (χ3n) is 4.64. The number of nitrogens with zero attached hydrogens (tertiary/aromatic N) is 2. The van der Waals surface area contributed by atoms with Gasteiger partial charge in [0.2, 0.25) is 0 Å². The van der Waals surface area contributed by atoms with Crippen molar-refractivity contribution in [1.29, 1.82) is 0 Å². The molecule has 2 heterocycles. The maximum absolute atomic E-state index is 13.0. The van der Waals surface area contributed by atoms with E-state index in [0.29, 0.717) is 37.7 Å². The molecule has 0 spiro atoms. The van der Waals surface area contributed by atoms with Gasteiger partial charge >= 0.3 is 0 Å². The fraction of sp³-hybridized carbons (Fsp3) is 0.0909. The number of benzene rings is 2. The lowest BCUT2D eigenvalue weighted by atomic mass is 10.1. The predicted octanol–water partition coefficient (Wildman–Crippen LogP) is 5.58. The molecule has 7 nitrogen and oxygen atoms in total. The molecule has 1 aliphatic rings. The van der Waals surface area contributed by atoms with E-state index in [1.807, 2.05) is 6.07 Å². The zero-order valence-corrected chi connectivity index (χ0v) is 18.2. The quantitative estimate of drug-likeness (QED) is 0.216. The standard InChI is InChI=1S/C22H16N2O5S2/c1-13-7-9-15(17(11-13)24(26)27)18-10-8-14(29-18)12-20-21(25)23(22(30)31-20)16-5-3-4-6-19(16)28-2/h3-12H,1-2H3/b20-12+. The zero-order chi connectivity index (χ0) is 22.1. The molecule has 0 bridgehead atoms. The molecular formula is C22H16N2O5S2. The van der Waals surface area contributed by atoms with E-state index in [0.717, 1.165) is 17.3 Å². The lowest BCUT2D eigenvalue weighted by Gasteiger charge is -2.17. The highest BCUT2D eigenvalue weighted by Crippen LogP contribution is 2.40. The Labute approximate surface area is 187 Å². The SMILES string of the molecule is COc1ccccc1N1C(=O)/C(=C\c2ccc(-c3ccc(C)cc3[N+](=O)[O-])o2)SC1=S. The van der Waals surface area contributed by atoms with Crippen molar-refractivity contribution in [2.75, 3.05) is 12.0 Å². The average molecular weight is 453 g/mol. The van der Waals surface area contributed by atoms with Crippen molar-refractivity contribution in [1.82, 2.24) is 0 Å². The van der Waals surface area contributed by atoms with Gasteiger partial charge in [0.05, 0.1) is 28.2 Å². The number of thioether (sulfide) groups is 1. The highest BCUT2D eigenvalue weighted by atomic mass is 32.2. The minimum Gasteiger partial charge on any atom is -0.495 e. The lowest BCUT2D eigenvalue weighted by Crippen LogP contribution is -2.27. The molecule has 31 heavy (non-hydrogen) atoms. The number of ether oxygens (including phenoxy) is 1. The van der Waals surface area contributed by atoms with Crippen LogP contribution in [0.3, 0.4) is 0 Å². The van der Waals surface area contributed by atoms with Crippen LogP contribution < -0.4 is 9.64 Å². The molecule has 1 aromatic heterocycles. The second kappa shape index (κ2) is 8.37. The average Bonchev–Trinajstić information content (AvgIpc) is 3.32. The molecule has 0 N–H and O–H groups in total. The molecule has 4 rings (SSSR count). The van der Waals surface area contributed by atoms with Crippen LogP contribution in [0.2, 0.25) is 0 Å². The summed E-state index contributed by atoms with van der Waals surface area (Å²) >= 11 is 6.56. The van der Waals surface area contributed by atoms with Gasteiger partial charge in [-0.25, -0.2) is 0 Å². The number of carbonyl (C=O) groups is 1. The van der Waals surface area contributed by atoms with Crippen LogP contribution in [0.25, 0.3) is 17.4 Å². The largest absolute Gasteiger partial charge is 0.495 e. The molecule has 2 aromatic carbocycles. The number of carbonyl (C=O) groups excluding carboxylic acids is 1. The Bertz CT molecular complexity index is 1250. The summed E-state index contributed by atoms with van der Waals surface area (Å²) in [5, 5.41) is 11.4. The molecule has 0 radical (unpaired) electrons. The zero-order valence-electron chi connectivity index (χ0n) is 16.5. The number of anilines is 1. The van der Waals surface area contributed by atoms with Crippen LogP contribution in [0.1, 0.15) is 11.3 Å². The Morgan fingerprint density at radius 2 is 1.97 bits per heavy atom. The molecule has 0 saturated carbocycles. The molecule has 0 atom stereocenters. The molecule has 1 amide bonds. The summed E-state index contributed by atoms with van der Waals surface area (Å²) in [6, 6.07) is 15.4. The summed E-state index contributed by atoms with van der Waals surface area (Å²) in [5.74, 6) is 0.981. The summed E-state index contributed by atoms with van der Waals surface area (Å²) in [6.07, 6.45) is 1.58. The first kappa shape index (κ1) is 20.8. The second-order valence-corrected chi connectivity index (χ2v) is 8.34. The van der Waals surface area contributed by atoms with Gasteiger partial charge in [0.25, 0.3) is 11.6 Å². The number of aryl methyl sites for hydroxylation is 1. The molecule has 1 saturated heterocycles. The van der Waals surface area contributed by atoms with E-state index in [4.69, 9.17) is 21.4 Å². The van der Waals surface area contributed by atoms with Gasteiger partial charge in [-0.1, -0.05) is 42.2 Å². The molecule has 3 aromatic rings. The first-order valence-electron chi connectivity index (χ1n) is 9.15. The van der Waals surface area contributed by atoms with Gasteiger partial charge in [0.15, 0.2) is 4.32 Å². The van der Waals surface area contributed by atoms with E-state index in [1.165, 1.54) is 18.1 Å². The fourth-order valence-corrected chi connectivity index (χ4v) is 4.46. The number of thiocarbonyl (C=S) groups is 1. The highest BCUT2D eigenvalue weighted by Gasteiger charge is 2.35. The van der Waals surface area contributed by atoms with E-state index >= 15 is 0 Å². The Morgan fingerprint density at radius 1 is 1.19 bits per heavy atom. The number of hydrogen-bond acceptors (Lipinski definition) is 7. The Balaban J connectivity index is 1.66. The molecule has 0 aliphatic carbocycles. The first-order valence-corrected chi connectivity index (χ1v) is 10.4. The van der Waals surface area contributed by atoms with Gasteiger partial charge in [-0.3, -0.25) is 19.8 Å². The Morgan fingerprint density at radius 3 is 2.71 bits per heavy atom. The smallest absolute Gasteiger partial charge is 0.280 e. The van der Waals surface area contributed by atoms with Crippen LogP contribution >= 0.6 is 24.0 Å². The van der Waals surface area contributed by atoms with Gasteiger partial charge in [0, 0.05) is 12.1 Å². The number of nitro groups is 1. The van der Waals surface area contributed by atoms with Crippen LogP contribution in [0.4, 0.5) is 11.4 Å². The lowest BCUT2D eigenvalue weighted by molar-refractivity contribution is -0.384. The van der Waals surface area contributed by atoms with E-state index in [-0.39, 0.29) is 11.6 Å². The molecule has 1 aliphatic heterocycles. The summed E-state index contributed by atoms with van der Waals surface area (Å²) in [7, 11) is 1.53. The molecule has 1 fully saturated rings. The number of hydrogen-bond donors (Lipinski definition) is 0. The van der Waals surface area contributed by atoms with Crippen molar-refractivity contribution in [3.8, 4) is 17.1 Å².